The number of para-hydroxylation sites is 1. The average molecular weight is 349 g/mol. The molecule has 0 atom stereocenters. The lowest BCUT2D eigenvalue weighted by Gasteiger charge is -2.09. The van der Waals surface area contributed by atoms with Gasteiger partial charge in [0, 0.05) is 11.1 Å². The fourth-order valence-corrected chi connectivity index (χ4v) is 2.52. The molecule has 0 saturated carbocycles. The minimum atomic E-state index is -0.449. The van der Waals surface area contributed by atoms with Gasteiger partial charge in [0.2, 0.25) is 0 Å². The molecule has 3 aromatic carbocycles. The van der Waals surface area contributed by atoms with Crippen LogP contribution in [0.4, 0.5) is 0 Å². The van der Waals surface area contributed by atoms with Crippen molar-refractivity contribution in [1.29, 1.82) is 0 Å². The van der Waals surface area contributed by atoms with Crippen molar-refractivity contribution in [2.45, 2.75) is 6.61 Å². The Morgan fingerprint density at radius 1 is 0.840 bits per heavy atom. The van der Waals surface area contributed by atoms with Crippen molar-refractivity contribution in [3.8, 4) is 5.75 Å². The maximum Gasteiger partial charge on any atom is 0.252 e. The normalized spacial score (nSPS) is 10.8. The third-order valence-corrected chi connectivity index (χ3v) is 3.97. The van der Waals surface area contributed by atoms with E-state index in [-0.39, 0.29) is 0 Å². The molecule has 0 spiro atoms. The Labute approximate surface area is 152 Å². The third kappa shape index (κ3) is 4.82. The minimum Gasteiger partial charge on any atom is -0.488 e. The van der Waals surface area contributed by atoms with Crippen LogP contribution in [0.3, 0.4) is 0 Å². The van der Waals surface area contributed by atoms with E-state index in [0.29, 0.717) is 12.2 Å². The van der Waals surface area contributed by atoms with Gasteiger partial charge in [-0.3, -0.25) is 4.79 Å². The molecular formula is C22H17ClO2. The number of rotatable bonds is 6. The van der Waals surface area contributed by atoms with Crippen LogP contribution in [0.2, 0.25) is 0 Å². The van der Waals surface area contributed by atoms with E-state index >= 15 is 0 Å². The highest BCUT2D eigenvalue weighted by molar-refractivity contribution is 6.67. The summed E-state index contributed by atoms with van der Waals surface area (Å²) in [4.78, 5) is 11.1. The van der Waals surface area contributed by atoms with Gasteiger partial charge in [0.05, 0.1) is 0 Å². The van der Waals surface area contributed by atoms with Crippen molar-refractivity contribution < 1.29 is 9.53 Å². The summed E-state index contributed by atoms with van der Waals surface area (Å²) in [5.74, 6) is 0.829. The number of hydrogen-bond acceptors (Lipinski definition) is 2. The zero-order chi connectivity index (χ0) is 17.5. The second kappa shape index (κ2) is 8.32. The summed E-state index contributed by atoms with van der Waals surface area (Å²) >= 11 is 5.46. The fourth-order valence-electron chi connectivity index (χ4n) is 2.40. The molecule has 0 aliphatic heterocycles. The zero-order valence-electron chi connectivity index (χ0n) is 13.6. The van der Waals surface area contributed by atoms with E-state index in [2.05, 4.69) is 0 Å². The molecule has 2 nitrogen and oxygen atoms in total. The van der Waals surface area contributed by atoms with Crippen LogP contribution in [0.1, 0.15) is 27.0 Å². The first-order valence-electron chi connectivity index (χ1n) is 7.96. The van der Waals surface area contributed by atoms with E-state index in [1.165, 1.54) is 0 Å². The lowest BCUT2D eigenvalue weighted by atomic mass is 10.1. The molecule has 3 aromatic rings. The van der Waals surface area contributed by atoms with E-state index < -0.39 is 5.24 Å². The molecule has 0 fully saturated rings. The molecule has 25 heavy (non-hydrogen) atoms. The summed E-state index contributed by atoms with van der Waals surface area (Å²) < 4.78 is 5.95. The zero-order valence-corrected chi connectivity index (χ0v) is 14.3. The highest BCUT2D eigenvalue weighted by atomic mass is 35.5. The first kappa shape index (κ1) is 17.0. The molecule has 124 valence electrons. The SMILES string of the molecule is O=C(Cl)c1ccc(/C=C/c2ccccc2OCc2ccccc2)cc1. The predicted octanol–water partition coefficient (Wildman–Crippen LogP) is 5.82. The molecule has 0 aliphatic rings. The lowest BCUT2D eigenvalue weighted by Crippen LogP contribution is -1.96. The second-order valence-electron chi connectivity index (χ2n) is 5.54. The van der Waals surface area contributed by atoms with Crippen molar-refractivity contribution in [3.63, 3.8) is 0 Å². The number of carbonyl (C=O) groups is 1. The highest BCUT2D eigenvalue weighted by Crippen LogP contribution is 2.22. The fraction of sp³-hybridized carbons (Fsp3) is 0.0455. The van der Waals surface area contributed by atoms with Crippen LogP contribution >= 0.6 is 11.6 Å². The molecule has 3 heteroatoms. The van der Waals surface area contributed by atoms with Gasteiger partial charge in [0.15, 0.2) is 0 Å². The van der Waals surface area contributed by atoms with Crippen LogP contribution in [0, 0.1) is 0 Å². The monoisotopic (exact) mass is 348 g/mol. The molecule has 0 aliphatic carbocycles. The van der Waals surface area contributed by atoms with Gasteiger partial charge in [-0.2, -0.15) is 0 Å². The number of benzene rings is 3. The van der Waals surface area contributed by atoms with Gasteiger partial charge in [0.1, 0.15) is 12.4 Å². The van der Waals surface area contributed by atoms with Crippen molar-refractivity contribution in [2.75, 3.05) is 0 Å². The van der Waals surface area contributed by atoms with Gasteiger partial charge in [-0.25, -0.2) is 0 Å². The molecule has 0 amide bonds. The number of halogens is 1. The molecule has 3 rings (SSSR count). The van der Waals surface area contributed by atoms with Crippen LogP contribution in [-0.2, 0) is 6.61 Å². The maximum absolute atomic E-state index is 11.1. The summed E-state index contributed by atoms with van der Waals surface area (Å²) in [6.07, 6.45) is 3.98. The first-order chi connectivity index (χ1) is 12.2. The minimum absolute atomic E-state index is 0.449. The van der Waals surface area contributed by atoms with Gasteiger partial charge in [0.25, 0.3) is 5.24 Å². The Morgan fingerprint density at radius 3 is 2.24 bits per heavy atom. The molecule has 0 bridgehead atoms. The Bertz CT molecular complexity index is 868. The van der Waals surface area contributed by atoms with Gasteiger partial charge < -0.3 is 4.74 Å². The maximum atomic E-state index is 11.1. The van der Waals surface area contributed by atoms with Crippen molar-refractivity contribution in [3.05, 3.63) is 101 Å². The summed E-state index contributed by atoms with van der Waals surface area (Å²) in [5, 5.41) is -0.449. The van der Waals surface area contributed by atoms with E-state index in [4.69, 9.17) is 16.3 Å². The van der Waals surface area contributed by atoms with Gasteiger partial charge in [-0.05, 0) is 40.9 Å². The van der Waals surface area contributed by atoms with Crippen molar-refractivity contribution in [2.24, 2.45) is 0 Å². The van der Waals surface area contributed by atoms with E-state index in [0.717, 1.165) is 22.4 Å². The lowest BCUT2D eigenvalue weighted by molar-refractivity contribution is 0.108. The molecule has 0 heterocycles. The number of ether oxygens (including phenoxy) is 1. The van der Waals surface area contributed by atoms with Crippen LogP contribution in [-0.4, -0.2) is 5.24 Å². The number of hydrogen-bond donors (Lipinski definition) is 0. The molecular weight excluding hydrogens is 332 g/mol. The van der Waals surface area contributed by atoms with E-state index in [9.17, 15) is 4.79 Å². The average Bonchev–Trinajstić information content (AvgIpc) is 2.66. The molecule has 0 saturated heterocycles. The van der Waals surface area contributed by atoms with E-state index in [1.807, 2.05) is 78.9 Å². The Morgan fingerprint density at radius 2 is 1.52 bits per heavy atom. The summed E-state index contributed by atoms with van der Waals surface area (Å²) in [7, 11) is 0. The molecule has 0 radical (unpaired) electrons. The van der Waals surface area contributed by atoms with Gasteiger partial charge >= 0.3 is 0 Å². The Kier molecular flexibility index (Phi) is 5.65. The van der Waals surface area contributed by atoms with Crippen LogP contribution in [0.15, 0.2) is 78.9 Å². The standard InChI is InChI=1S/C22H17ClO2/c23-22(24)20-14-11-17(12-15-20)10-13-19-8-4-5-9-21(19)25-16-18-6-2-1-3-7-18/h1-15H,16H2/b13-10+. The first-order valence-corrected chi connectivity index (χ1v) is 8.34. The summed E-state index contributed by atoms with van der Waals surface area (Å²) in [6.45, 7) is 0.526. The van der Waals surface area contributed by atoms with Crippen LogP contribution < -0.4 is 4.74 Å². The van der Waals surface area contributed by atoms with Crippen LogP contribution in [0.25, 0.3) is 12.2 Å². The summed E-state index contributed by atoms with van der Waals surface area (Å²) in [5.41, 5.74) is 3.60. The quantitative estimate of drug-likeness (QED) is 0.414. The van der Waals surface area contributed by atoms with Crippen molar-refractivity contribution in [1.82, 2.24) is 0 Å². The van der Waals surface area contributed by atoms with E-state index in [1.54, 1.807) is 12.1 Å². The third-order valence-electron chi connectivity index (χ3n) is 3.75. The van der Waals surface area contributed by atoms with Crippen molar-refractivity contribution >= 4 is 29.0 Å². The molecule has 0 N–H and O–H groups in total. The smallest absolute Gasteiger partial charge is 0.252 e. The predicted molar refractivity (Wildman–Crippen MR) is 103 cm³/mol. The van der Waals surface area contributed by atoms with Gasteiger partial charge in [-0.1, -0.05) is 72.8 Å². The molecule has 0 unspecified atom stereocenters. The van der Waals surface area contributed by atoms with Gasteiger partial charge in [-0.15, -0.1) is 0 Å². The molecule has 0 aromatic heterocycles. The Hall–Kier alpha value is -2.84. The van der Waals surface area contributed by atoms with Crippen LogP contribution in [0.5, 0.6) is 5.75 Å². The topological polar surface area (TPSA) is 26.3 Å². The number of carbonyl (C=O) groups excluding carboxylic acids is 1. The second-order valence-corrected chi connectivity index (χ2v) is 5.88. The summed E-state index contributed by atoms with van der Waals surface area (Å²) in [6, 6.07) is 25.1. The Balaban J connectivity index is 1.73. The largest absolute Gasteiger partial charge is 0.488 e. The highest BCUT2D eigenvalue weighted by Gasteiger charge is 2.02.